The van der Waals surface area contributed by atoms with Gasteiger partial charge in [-0.05, 0) is 31.6 Å². The lowest BCUT2D eigenvalue weighted by atomic mass is 9.84. The van der Waals surface area contributed by atoms with Gasteiger partial charge in [-0.25, -0.2) is 0 Å². The fourth-order valence-corrected chi connectivity index (χ4v) is 2.33. The molecule has 0 aliphatic heterocycles. The Hall–Kier alpha value is -0.120. The minimum Gasteiger partial charge on any atom is -0.389 e. The molecule has 1 atom stereocenters. The molecule has 0 heterocycles. The fourth-order valence-electron chi connectivity index (χ4n) is 2.33. The second-order valence-electron chi connectivity index (χ2n) is 4.64. The van der Waals surface area contributed by atoms with Crippen LogP contribution in [0, 0.1) is 5.92 Å². The topological polar surface area (TPSA) is 41.5 Å². The van der Waals surface area contributed by atoms with E-state index in [0.29, 0.717) is 19.2 Å². The molecule has 15 heavy (non-hydrogen) atoms. The predicted molar refractivity (Wildman–Crippen MR) is 61.9 cm³/mol. The largest absolute Gasteiger partial charge is 0.389 e. The molecular weight excluding hydrogens is 190 g/mol. The summed E-state index contributed by atoms with van der Waals surface area (Å²) in [6, 6.07) is 0.610. The van der Waals surface area contributed by atoms with Crippen LogP contribution in [0.2, 0.25) is 0 Å². The Morgan fingerprint density at radius 2 is 2.00 bits per heavy atom. The molecule has 0 aromatic rings. The fraction of sp³-hybridized carbons (Fsp3) is 1.00. The van der Waals surface area contributed by atoms with Crippen LogP contribution in [-0.2, 0) is 4.74 Å². The van der Waals surface area contributed by atoms with Crippen molar-refractivity contribution in [3.05, 3.63) is 0 Å². The van der Waals surface area contributed by atoms with Crippen LogP contribution in [0.4, 0.5) is 0 Å². The highest BCUT2D eigenvalue weighted by atomic mass is 16.5. The van der Waals surface area contributed by atoms with Crippen LogP contribution in [0.25, 0.3) is 0 Å². The summed E-state index contributed by atoms with van der Waals surface area (Å²) in [6.07, 6.45) is 6.16. The van der Waals surface area contributed by atoms with Crippen LogP contribution in [-0.4, -0.2) is 37.5 Å². The van der Waals surface area contributed by atoms with E-state index in [1.807, 2.05) is 0 Å². The van der Waals surface area contributed by atoms with Crippen molar-refractivity contribution in [1.82, 2.24) is 5.32 Å². The summed E-state index contributed by atoms with van der Waals surface area (Å²) in [5.41, 5.74) is 0. The zero-order valence-electron chi connectivity index (χ0n) is 10.0. The summed E-state index contributed by atoms with van der Waals surface area (Å²) in [6.45, 7) is 3.37. The zero-order chi connectivity index (χ0) is 11.1. The molecule has 3 nitrogen and oxygen atoms in total. The molecule has 0 aromatic heterocycles. The quantitative estimate of drug-likeness (QED) is 0.706. The first-order valence-corrected chi connectivity index (χ1v) is 6.16. The molecule has 1 fully saturated rings. The lowest BCUT2D eigenvalue weighted by Crippen LogP contribution is -2.39. The number of methoxy groups -OCH3 is 1. The molecule has 2 N–H and O–H groups in total. The van der Waals surface area contributed by atoms with Crippen molar-refractivity contribution < 1.29 is 9.84 Å². The van der Waals surface area contributed by atoms with Crippen molar-refractivity contribution in [1.29, 1.82) is 0 Å². The average Bonchev–Trinajstić information content (AvgIpc) is 2.27. The van der Waals surface area contributed by atoms with Crippen LogP contribution in [0.5, 0.6) is 0 Å². The maximum Gasteiger partial charge on any atom is 0.0897 e. The van der Waals surface area contributed by atoms with Crippen molar-refractivity contribution in [2.45, 2.75) is 51.2 Å². The second-order valence-corrected chi connectivity index (χ2v) is 4.64. The van der Waals surface area contributed by atoms with Crippen LogP contribution in [0.1, 0.15) is 39.0 Å². The van der Waals surface area contributed by atoms with E-state index >= 15 is 0 Å². The smallest absolute Gasteiger partial charge is 0.0897 e. The summed E-state index contributed by atoms with van der Waals surface area (Å²) < 4.78 is 4.89. The van der Waals surface area contributed by atoms with Crippen molar-refractivity contribution in [3.63, 3.8) is 0 Å². The van der Waals surface area contributed by atoms with Gasteiger partial charge in [0.25, 0.3) is 0 Å². The van der Waals surface area contributed by atoms with E-state index < -0.39 is 0 Å². The van der Waals surface area contributed by atoms with Gasteiger partial charge >= 0.3 is 0 Å². The molecule has 0 amide bonds. The third kappa shape index (κ3) is 4.96. The van der Waals surface area contributed by atoms with Crippen LogP contribution in [0.3, 0.4) is 0 Å². The molecular formula is C12H25NO2. The average molecular weight is 215 g/mol. The van der Waals surface area contributed by atoms with Crippen LogP contribution in [0.15, 0.2) is 0 Å². The number of aliphatic hydroxyl groups excluding tert-OH is 1. The van der Waals surface area contributed by atoms with Crippen LogP contribution >= 0.6 is 0 Å². The van der Waals surface area contributed by atoms with Gasteiger partial charge in [0.2, 0.25) is 0 Å². The number of rotatable bonds is 6. The van der Waals surface area contributed by atoms with E-state index in [-0.39, 0.29) is 6.10 Å². The Kier molecular flexibility index (Phi) is 6.22. The minimum atomic E-state index is -0.362. The highest BCUT2D eigenvalue weighted by Gasteiger charge is 2.19. The van der Waals surface area contributed by atoms with Gasteiger partial charge in [0.15, 0.2) is 0 Å². The normalized spacial score (nSPS) is 29.0. The molecule has 1 unspecified atom stereocenters. The molecule has 1 saturated carbocycles. The molecule has 3 heteroatoms. The first kappa shape index (κ1) is 12.9. The molecule has 1 aliphatic rings. The third-order valence-electron chi connectivity index (χ3n) is 3.43. The van der Waals surface area contributed by atoms with E-state index in [9.17, 15) is 5.11 Å². The highest BCUT2D eigenvalue weighted by Crippen LogP contribution is 2.26. The molecule has 0 spiro atoms. The van der Waals surface area contributed by atoms with Crippen molar-refractivity contribution >= 4 is 0 Å². The Labute approximate surface area is 93.2 Å². The first-order valence-electron chi connectivity index (χ1n) is 6.16. The Balaban J connectivity index is 2.08. The lowest BCUT2D eigenvalue weighted by Gasteiger charge is -2.29. The number of nitrogens with one attached hydrogen (secondary N) is 1. The van der Waals surface area contributed by atoms with Gasteiger partial charge in [0.1, 0.15) is 0 Å². The number of ether oxygens (including phenoxy) is 1. The predicted octanol–water partition coefficient (Wildman–Crippen LogP) is 1.55. The molecule has 1 aliphatic carbocycles. The van der Waals surface area contributed by atoms with E-state index in [4.69, 9.17) is 4.74 Å². The Morgan fingerprint density at radius 1 is 1.33 bits per heavy atom. The summed E-state index contributed by atoms with van der Waals surface area (Å²) in [5, 5.41) is 12.9. The van der Waals surface area contributed by atoms with Gasteiger partial charge in [0, 0.05) is 19.7 Å². The first-order chi connectivity index (χ1) is 7.26. The number of hydrogen-bond donors (Lipinski definition) is 2. The Bertz CT molecular complexity index is 156. The monoisotopic (exact) mass is 215 g/mol. The molecule has 90 valence electrons. The van der Waals surface area contributed by atoms with E-state index in [2.05, 4.69) is 12.2 Å². The number of aliphatic hydroxyl groups is 1. The van der Waals surface area contributed by atoms with Gasteiger partial charge < -0.3 is 15.2 Å². The summed E-state index contributed by atoms with van der Waals surface area (Å²) in [5.74, 6) is 0.937. The number of hydrogen-bond acceptors (Lipinski definition) is 3. The van der Waals surface area contributed by atoms with Gasteiger partial charge in [-0.3, -0.25) is 0 Å². The SMILES string of the molecule is CCC1CCC(NCC(O)COC)CC1. The summed E-state index contributed by atoms with van der Waals surface area (Å²) >= 11 is 0. The van der Waals surface area contributed by atoms with E-state index in [1.165, 1.54) is 32.1 Å². The zero-order valence-corrected chi connectivity index (χ0v) is 10.0. The van der Waals surface area contributed by atoms with E-state index in [1.54, 1.807) is 7.11 Å². The standard InChI is InChI=1S/C12H25NO2/c1-3-10-4-6-11(7-5-10)13-8-12(14)9-15-2/h10-14H,3-9H2,1-2H3. The maximum absolute atomic E-state index is 9.49. The minimum absolute atomic E-state index is 0.362. The summed E-state index contributed by atoms with van der Waals surface area (Å²) in [4.78, 5) is 0. The lowest BCUT2D eigenvalue weighted by molar-refractivity contribution is 0.0612. The third-order valence-corrected chi connectivity index (χ3v) is 3.43. The van der Waals surface area contributed by atoms with Crippen molar-refractivity contribution in [3.8, 4) is 0 Å². The van der Waals surface area contributed by atoms with Gasteiger partial charge in [-0.2, -0.15) is 0 Å². The molecule has 0 bridgehead atoms. The summed E-state index contributed by atoms with van der Waals surface area (Å²) in [7, 11) is 1.62. The molecule has 1 rings (SSSR count). The van der Waals surface area contributed by atoms with E-state index in [0.717, 1.165) is 5.92 Å². The molecule has 0 radical (unpaired) electrons. The highest BCUT2D eigenvalue weighted by molar-refractivity contribution is 4.77. The van der Waals surface area contributed by atoms with Crippen molar-refractivity contribution in [2.24, 2.45) is 5.92 Å². The van der Waals surface area contributed by atoms with Crippen molar-refractivity contribution in [2.75, 3.05) is 20.3 Å². The van der Waals surface area contributed by atoms with Gasteiger partial charge in [0.05, 0.1) is 12.7 Å². The Morgan fingerprint density at radius 3 is 2.53 bits per heavy atom. The molecule has 0 saturated heterocycles. The maximum atomic E-state index is 9.49. The van der Waals surface area contributed by atoms with Gasteiger partial charge in [-0.1, -0.05) is 13.3 Å². The second kappa shape index (κ2) is 7.20. The molecule has 0 aromatic carbocycles. The van der Waals surface area contributed by atoms with Crippen LogP contribution < -0.4 is 5.32 Å². The van der Waals surface area contributed by atoms with Gasteiger partial charge in [-0.15, -0.1) is 0 Å².